The van der Waals surface area contributed by atoms with Crippen molar-refractivity contribution in [2.75, 3.05) is 7.11 Å². The fourth-order valence-electron chi connectivity index (χ4n) is 1.56. The monoisotopic (exact) mass is 196 g/mol. The Balaban J connectivity index is 2.48. The molecule has 3 nitrogen and oxygen atoms in total. The van der Waals surface area contributed by atoms with E-state index in [0.717, 1.165) is 18.4 Å². The van der Waals surface area contributed by atoms with Crippen molar-refractivity contribution in [2.24, 2.45) is 0 Å². The zero-order valence-corrected chi connectivity index (χ0v) is 8.49. The van der Waals surface area contributed by atoms with Crippen molar-refractivity contribution >= 4 is 5.97 Å². The lowest BCUT2D eigenvalue weighted by Crippen LogP contribution is -2.29. The number of ether oxygens (including phenoxy) is 2. The van der Waals surface area contributed by atoms with Crippen molar-refractivity contribution in [2.45, 2.75) is 31.5 Å². The van der Waals surface area contributed by atoms with Crippen LogP contribution in [0.25, 0.3) is 0 Å². The highest BCUT2D eigenvalue weighted by Crippen LogP contribution is 2.25. The largest absolute Gasteiger partial charge is 0.469 e. The summed E-state index contributed by atoms with van der Waals surface area (Å²) >= 11 is 0. The van der Waals surface area contributed by atoms with Crippen LogP contribution in [-0.2, 0) is 14.3 Å². The quantitative estimate of drug-likeness (QED) is 0.510. The third kappa shape index (κ3) is 3.00. The Morgan fingerprint density at radius 1 is 1.71 bits per heavy atom. The second-order valence-corrected chi connectivity index (χ2v) is 3.47. The predicted octanol–water partition coefficient (Wildman–Crippen LogP) is 1.84. The maximum absolute atomic E-state index is 11.0. The lowest BCUT2D eigenvalue weighted by molar-refractivity contribution is -0.145. The highest BCUT2D eigenvalue weighted by Gasteiger charge is 2.24. The van der Waals surface area contributed by atoms with Gasteiger partial charge in [0.2, 0.25) is 0 Å². The van der Waals surface area contributed by atoms with Crippen molar-refractivity contribution in [3.63, 3.8) is 0 Å². The molecule has 0 amide bonds. The molecule has 0 saturated carbocycles. The second kappa shape index (κ2) is 4.96. The summed E-state index contributed by atoms with van der Waals surface area (Å²) in [6, 6.07) is 0. The number of methoxy groups -OCH3 is 1. The molecule has 3 heteroatoms. The zero-order chi connectivity index (χ0) is 10.6. The molecular formula is C11H16O3. The van der Waals surface area contributed by atoms with Crippen LogP contribution >= 0.6 is 0 Å². The molecule has 1 rings (SSSR count). The summed E-state index contributed by atoms with van der Waals surface area (Å²) < 4.78 is 10.2. The standard InChI is InChI=1S/C11H16O3/c1-4-9-5-8(2)6-10(14-9)7-11(12)13-3/h4,9-10H,1-2,5-7H2,3H3/t9?,10-/m0/s1. The molecule has 0 aliphatic carbocycles. The summed E-state index contributed by atoms with van der Waals surface area (Å²) in [6.45, 7) is 7.59. The molecule has 0 aromatic rings. The van der Waals surface area contributed by atoms with E-state index in [-0.39, 0.29) is 18.2 Å². The van der Waals surface area contributed by atoms with Crippen LogP contribution in [-0.4, -0.2) is 25.3 Å². The molecule has 0 spiro atoms. The van der Waals surface area contributed by atoms with Crippen LogP contribution in [0.5, 0.6) is 0 Å². The SMILES string of the molecule is C=CC1CC(=C)C[C@@H](CC(=O)OC)O1. The number of hydrogen-bond acceptors (Lipinski definition) is 3. The Morgan fingerprint density at radius 3 is 3.00 bits per heavy atom. The topological polar surface area (TPSA) is 35.5 Å². The summed E-state index contributed by atoms with van der Waals surface area (Å²) in [5.74, 6) is -0.243. The van der Waals surface area contributed by atoms with Crippen LogP contribution in [0.4, 0.5) is 0 Å². The molecule has 1 aliphatic heterocycles. The van der Waals surface area contributed by atoms with E-state index in [9.17, 15) is 4.79 Å². The first kappa shape index (κ1) is 11.0. The molecule has 1 aliphatic rings. The number of hydrogen-bond donors (Lipinski definition) is 0. The Bertz CT molecular complexity index is 245. The number of rotatable bonds is 3. The van der Waals surface area contributed by atoms with E-state index in [1.54, 1.807) is 6.08 Å². The van der Waals surface area contributed by atoms with Gasteiger partial charge in [-0.15, -0.1) is 6.58 Å². The van der Waals surface area contributed by atoms with Crippen molar-refractivity contribution in [1.29, 1.82) is 0 Å². The van der Waals surface area contributed by atoms with E-state index in [1.807, 2.05) is 0 Å². The minimum Gasteiger partial charge on any atom is -0.469 e. The summed E-state index contributed by atoms with van der Waals surface area (Å²) in [4.78, 5) is 11.0. The van der Waals surface area contributed by atoms with E-state index >= 15 is 0 Å². The van der Waals surface area contributed by atoms with Gasteiger partial charge in [0.25, 0.3) is 0 Å². The normalized spacial score (nSPS) is 27.1. The number of esters is 1. The Hall–Kier alpha value is -1.09. The minimum absolute atomic E-state index is 0.00842. The van der Waals surface area contributed by atoms with Gasteiger partial charge in [-0.2, -0.15) is 0 Å². The molecule has 0 aromatic carbocycles. The Labute approximate surface area is 84.4 Å². The fraction of sp³-hybridized carbons (Fsp3) is 0.545. The summed E-state index contributed by atoms with van der Waals surface area (Å²) in [5.41, 5.74) is 1.11. The molecule has 14 heavy (non-hydrogen) atoms. The first-order valence-corrected chi connectivity index (χ1v) is 4.67. The van der Waals surface area contributed by atoms with E-state index < -0.39 is 0 Å². The summed E-state index contributed by atoms with van der Waals surface area (Å²) in [7, 11) is 1.38. The maximum atomic E-state index is 11.0. The van der Waals surface area contributed by atoms with Gasteiger partial charge in [-0.3, -0.25) is 4.79 Å². The lowest BCUT2D eigenvalue weighted by Gasteiger charge is -2.29. The van der Waals surface area contributed by atoms with Crippen LogP contribution in [0.2, 0.25) is 0 Å². The smallest absolute Gasteiger partial charge is 0.308 e. The van der Waals surface area contributed by atoms with Gasteiger partial charge >= 0.3 is 5.97 Å². The molecule has 1 unspecified atom stereocenters. The zero-order valence-electron chi connectivity index (χ0n) is 8.49. The van der Waals surface area contributed by atoms with E-state index in [4.69, 9.17) is 4.74 Å². The molecule has 1 fully saturated rings. The first-order chi connectivity index (χ1) is 6.65. The average Bonchev–Trinajstić information content (AvgIpc) is 2.16. The van der Waals surface area contributed by atoms with Gasteiger partial charge in [-0.1, -0.05) is 18.2 Å². The van der Waals surface area contributed by atoms with Gasteiger partial charge in [0.15, 0.2) is 0 Å². The third-order valence-electron chi connectivity index (χ3n) is 2.26. The van der Waals surface area contributed by atoms with Gasteiger partial charge < -0.3 is 9.47 Å². The second-order valence-electron chi connectivity index (χ2n) is 3.47. The molecule has 0 bridgehead atoms. The highest BCUT2D eigenvalue weighted by atomic mass is 16.5. The van der Waals surface area contributed by atoms with Crippen LogP contribution < -0.4 is 0 Å². The predicted molar refractivity (Wildman–Crippen MR) is 53.9 cm³/mol. The highest BCUT2D eigenvalue weighted by molar-refractivity contribution is 5.69. The molecule has 0 radical (unpaired) electrons. The van der Waals surface area contributed by atoms with Gasteiger partial charge in [0.1, 0.15) is 0 Å². The lowest BCUT2D eigenvalue weighted by atomic mass is 9.97. The van der Waals surface area contributed by atoms with Crippen molar-refractivity contribution < 1.29 is 14.3 Å². The van der Waals surface area contributed by atoms with Crippen LogP contribution in [0, 0.1) is 0 Å². The van der Waals surface area contributed by atoms with Crippen LogP contribution in [0.15, 0.2) is 24.8 Å². The summed E-state index contributed by atoms with van der Waals surface area (Å²) in [6.07, 6.45) is 3.47. The van der Waals surface area contributed by atoms with Gasteiger partial charge in [0, 0.05) is 0 Å². The molecule has 1 saturated heterocycles. The third-order valence-corrected chi connectivity index (χ3v) is 2.26. The maximum Gasteiger partial charge on any atom is 0.308 e. The van der Waals surface area contributed by atoms with E-state index in [0.29, 0.717) is 6.42 Å². The molecule has 0 aromatic heterocycles. The number of carbonyl (C=O) groups excluding carboxylic acids is 1. The molecule has 2 atom stereocenters. The van der Waals surface area contributed by atoms with Crippen molar-refractivity contribution in [3.05, 3.63) is 24.8 Å². The van der Waals surface area contributed by atoms with Crippen LogP contribution in [0.1, 0.15) is 19.3 Å². The fourth-order valence-corrected chi connectivity index (χ4v) is 1.56. The van der Waals surface area contributed by atoms with E-state index in [2.05, 4.69) is 17.9 Å². The van der Waals surface area contributed by atoms with E-state index in [1.165, 1.54) is 7.11 Å². The molecular weight excluding hydrogens is 180 g/mol. The molecule has 0 N–H and O–H groups in total. The van der Waals surface area contributed by atoms with Crippen LogP contribution in [0.3, 0.4) is 0 Å². The van der Waals surface area contributed by atoms with Gasteiger partial charge in [0.05, 0.1) is 25.7 Å². The molecule has 78 valence electrons. The minimum atomic E-state index is -0.243. The number of carbonyl (C=O) groups is 1. The van der Waals surface area contributed by atoms with Crippen molar-refractivity contribution in [1.82, 2.24) is 0 Å². The van der Waals surface area contributed by atoms with Gasteiger partial charge in [-0.25, -0.2) is 0 Å². The first-order valence-electron chi connectivity index (χ1n) is 4.67. The summed E-state index contributed by atoms with van der Waals surface area (Å²) in [5, 5.41) is 0. The molecule has 1 heterocycles. The average molecular weight is 196 g/mol. The van der Waals surface area contributed by atoms with Gasteiger partial charge in [-0.05, 0) is 12.8 Å². The Morgan fingerprint density at radius 2 is 2.43 bits per heavy atom. The van der Waals surface area contributed by atoms with Crippen molar-refractivity contribution in [3.8, 4) is 0 Å². The Kier molecular flexibility index (Phi) is 3.89.